The number of fused-ring (bicyclic) bond motifs is 2. The summed E-state index contributed by atoms with van der Waals surface area (Å²) in [5.74, 6) is 0. The Bertz CT molecular complexity index is 1530. The van der Waals surface area contributed by atoms with Gasteiger partial charge in [0.25, 0.3) is 0 Å². The number of aromatic amines is 3. The van der Waals surface area contributed by atoms with Crippen LogP contribution < -0.4 is 5.69 Å². The van der Waals surface area contributed by atoms with E-state index in [1.807, 2.05) is 55.5 Å². The third kappa shape index (κ3) is 3.03. The second-order valence-corrected chi connectivity index (χ2v) is 8.35. The summed E-state index contributed by atoms with van der Waals surface area (Å²) in [7, 11) is 0. The van der Waals surface area contributed by atoms with Gasteiger partial charge < -0.3 is 15.0 Å². The summed E-state index contributed by atoms with van der Waals surface area (Å²) in [6.45, 7) is 1.92. The molecule has 7 heteroatoms. The first-order chi connectivity index (χ1) is 15.1. The first-order valence-corrected chi connectivity index (χ1v) is 11.2. The van der Waals surface area contributed by atoms with Gasteiger partial charge in [0, 0.05) is 44.1 Å². The van der Waals surface area contributed by atoms with Crippen molar-refractivity contribution in [2.75, 3.05) is 5.33 Å². The Labute approximate surface area is 186 Å². The van der Waals surface area contributed by atoms with E-state index < -0.39 is 0 Å². The number of nitrogens with one attached hydrogen (secondary N) is 3. The molecule has 0 bridgehead atoms. The third-order valence-corrected chi connectivity index (χ3v) is 6.24. The van der Waals surface area contributed by atoms with Crippen LogP contribution in [-0.4, -0.2) is 24.8 Å². The number of aryl methyl sites for hydroxylation is 2. The molecule has 2 aromatic carbocycles. The van der Waals surface area contributed by atoms with E-state index in [0.29, 0.717) is 17.1 Å². The lowest BCUT2D eigenvalue weighted by molar-refractivity contribution is 0.912. The van der Waals surface area contributed by atoms with Crippen LogP contribution in [0.5, 0.6) is 0 Å². The molecule has 0 radical (unpaired) electrons. The number of benzene rings is 2. The summed E-state index contributed by atoms with van der Waals surface area (Å²) in [6, 6.07) is 18.1. The first-order valence-electron chi connectivity index (χ1n) is 10.1. The Morgan fingerprint density at radius 3 is 2.39 bits per heavy atom. The molecule has 3 aromatic heterocycles. The van der Waals surface area contributed by atoms with Crippen LogP contribution in [-0.2, 0) is 6.42 Å². The van der Waals surface area contributed by atoms with Gasteiger partial charge >= 0.3 is 5.69 Å². The SMILES string of the molecule is Cc1[nH]c2ccccc2c1-n1c(C#N)c(-c2c(CCCBr)[nH]c3ccccc23)[nH]c1=O. The van der Waals surface area contributed by atoms with Gasteiger partial charge in [0.1, 0.15) is 6.07 Å². The van der Waals surface area contributed by atoms with Gasteiger partial charge in [-0.1, -0.05) is 52.3 Å². The molecule has 154 valence electrons. The van der Waals surface area contributed by atoms with Crippen molar-refractivity contribution in [2.24, 2.45) is 0 Å². The van der Waals surface area contributed by atoms with Crippen LogP contribution in [0.15, 0.2) is 53.3 Å². The summed E-state index contributed by atoms with van der Waals surface area (Å²) < 4.78 is 1.50. The number of para-hydroxylation sites is 2. The van der Waals surface area contributed by atoms with Crippen molar-refractivity contribution in [3.8, 4) is 23.0 Å². The Hall–Kier alpha value is -3.50. The second-order valence-electron chi connectivity index (χ2n) is 7.56. The lowest BCUT2D eigenvalue weighted by Crippen LogP contribution is -2.16. The zero-order valence-electron chi connectivity index (χ0n) is 16.9. The molecule has 3 heterocycles. The van der Waals surface area contributed by atoms with E-state index in [2.05, 4.69) is 37.0 Å². The molecule has 6 nitrogen and oxygen atoms in total. The Balaban J connectivity index is 1.82. The highest BCUT2D eigenvalue weighted by molar-refractivity contribution is 9.09. The van der Waals surface area contributed by atoms with Crippen LogP contribution in [0.25, 0.3) is 38.8 Å². The second kappa shape index (κ2) is 7.64. The van der Waals surface area contributed by atoms with Gasteiger partial charge in [-0.25, -0.2) is 9.36 Å². The standard InChI is InChI=1S/C24H20BrN5O/c1-14-23(16-8-3-5-10-18(16)27-14)30-20(13-26)22(29-24(30)31)21-15-7-2-4-9-17(15)28-19(21)11-6-12-25/h2-5,7-10,27-28H,6,11-12H2,1H3,(H,29,31). The van der Waals surface area contributed by atoms with Gasteiger partial charge in [0.2, 0.25) is 0 Å². The average Bonchev–Trinajstić information content (AvgIpc) is 3.41. The maximum Gasteiger partial charge on any atom is 0.331 e. The fourth-order valence-electron chi connectivity index (χ4n) is 4.40. The number of imidazole rings is 1. The molecular formula is C24H20BrN5O. The molecule has 0 fully saturated rings. The smallest absolute Gasteiger partial charge is 0.331 e. The number of nitriles is 1. The lowest BCUT2D eigenvalue weighted by atomic mass is 10.0. The molecule has 0 unspecified atom stereocenters. The molecule has 5 aromatic rings. The molecule has 0 saturated carbocycles. The Morgan fingerprint density at radius 1 is 1.00 bits per heavy atom. The molecule has 0 amide bonds. The number of hydrogen-bond acceptors (Lipinski definition) is 2. The van der Waals surface area contributed by atoms with Gasteiger partial charge in [-0.2, -0.15) is 5.26 Å². The number of halogens is 1. The maximum absolute atomic E-state index is 13.2. The molecule has 0 atom stereocenters. The average molecular weight is 474 g/mol. The van der Waals surface area contributed by atoms with Crippen molar-refractivity contribution < 1.29 is 0 Å². The van der Waals surface area contributed by atoms with Crippen LogP contribution in [0.4, 0.5) is 0 Å². The van der Waals surface area contributed by atoms with Crippen LogP contribution in [0, 0.1) is 18.3 Å². The minimum atomic E-state index is -0.323. The number of rotatable bonds is 5. The molecular weight excluding hydrogens is 454 g/mol. The van der Waals surface area contributed by atoms with Crippen molar-refractivity contribution in [1.82, 2.24) is 19.5 Å². The summed E-state index contributed by atoms with van der Waals surface area (Å²) in [5.41, 5.74) is 5.91. The summed E-state index contributed by atoms with van der Waals surface area (Å²) >= 11 is 3.50. The summed E-state index contributed by atoms with van der Waals surface area (Å²) in [4.78, 5) is 23.0. The number of hydrogen-bond donors (Lipinski definition) is 3. The highest BCUT2D eigenvalue weighted by atomic mass is 79.9. The van der Waals surface area contributed by atoms with E-state index in [9.17, 15) is 10.1 Å². The third-order valence-electron chi connectivity index (χ3n) is 5.68. The molecule has 0 aliphatic carbocycles. The van der Waals surface area contributed by atoms with Crippen molar-refractivity contribution >= 4 is 37.7 Å². The van der Waals surface area contributed by atoms with E-state index >= 15 is 0 Å². The molecule has 3 N–H and O–H groups in total. The fraction of sp³-hybridized carbons (Fsp3) is 0.167. The van der Waals surface area contributed by atoms with Crippen molar-refractivity contribution in [2.45, 2.75) is 19.8 Å². The zero-order valence-corrected chi connectivity index (χ0v) is 18.5. The highest BCUT2D eigenvalue weighted by Crippen LogP contribution is 2.35. The largest absolute Gasteiger partial charge is 0.358 e. The topological polar surface area (TPSA) is 93.2 Å². The van der Waals surface area contributed by atoms with Gasteiger partial charge in [0.05, 0.1) is 11.4 Å². The van der Waals surface area contributed by atoms with E-state index in [1.54, 1.807) is 0 Å². The van der Waals surface area contributed by atoms with Gasteiger partial charge in [-0.15, -0.1) is 0 Å². The van der Waals surface area contributed by atoms with Gasteiger partial charge in [-0.05, 0) is 31.9 Å². The fourth-order valence-corrected chi connectivity index (χ4v) is 4.68. The minimum Gasteiger partial charge on any atom is -0.358 e. The molecule has 5 rings (SSSR count). The number of aromatic nitrogens is 4. The van der Waals surface area contributed by atoms with E-state index in [1.165, 1.54) is 4.57 Å². The lowest BCUT2D eigenvalue weighted by Gasteiger charge is -2.06. The minimum absolute atomic E-state index is 0.308. The van der Waals surface area contributed by atoms with Crippen LogP contribution >= 0.6 is 15.9 Å². The quantitative estimate of drug-likeness (QED) is 0.302. The monoisotopic (exact) mass is 473 g/mol. The van der Waals surface area contributed by atoms with E-state index in [4.69, 9.17) is 0 Å². The predicted octanol–water partition coefficient (Wildman–Crippen LogP) is 5.30. The Kier molecular flexibility index (Phi) is 4.79. The summed E-state index contributed by atoms with van der Waals surface area (Å²) in [6.07, 6.45) is 1.74. The number of H-pyrrole nitrogens is 3. The first kappa shape index (κ1) is 19.5. The maximum atomic E-state index is 13.2. The van der Waals surface area contributed by atoms with Crippen molar-refractivity contribution in [3.05, 3.63) is 76.1 Å². The van der Waals surface area contributed by atoms with Crippen molar-refractivity contribution in [1.29, 1.82) is 5.26 Å². The predicted molar refractivity (Wildman–Crippen MR) is 127 cm³/mol. The van der Waals surface area contributed by atoms with Crippen LogP contribution in [0.2, 0.25) is 0 Å². The number of nitrogens with zero attached hydrogens (tertiary/aromatic N) is 2. The normalized spacial score (nSPS) is 11.4. The zero-order chi connectivity index (χ0) is 21.5. The van der Waals surface area contributed by atoms with E-state index in [-0.39, 0.29) is 5.69 Å². The van der Waals surface area contributed by atoms with Crippen LogP contribution in [0.3, 0.4) is 0 Å². The van der Waals surface area contributed by atoms with Gasteiger partial charge in [-0.3, -0.25) is 0 Å². The molecule has 0 aliphatic heterocycles. The van der Waals surface area contributed by atoms with Crippen molar-refractivity contribution in [3.63, 3.8) is 0 Å². The molecule has 0 saturated heterocycles. The molecule has 0 spiro atoms. The highest BCUT2D eigenvalue weighted by Gasteiger charge is 2.24. The molecule has 31 heavy (non-hydrogen) atoms. The number of alkyl halides is 1. The van der Waals surface area contributed by atoms with E-state index in [0.717, 1.165) is 56.9 Å². The summed E-state index contributed by atoms with van der Waals surface area (Å²) in [5, 5.41) is 12.9. The van der Waals surface area contributed by atoms with Crippen LogP contribution in [0.1, 0.15) is 23.5 Å². The Morgan fingerprint density at radius 2 is 1.68 bits per heavy atom. The van der Waals surface area contributed by atoms with Gasteiger partial charge in [0.15, 0.2) is 5.69 Å². The molecule has 0 aliphatic rings.